The van der Waals surface area contributed by atoms with Crippen molar-refractivity contribution in [1.29, 1.82) is 0 Å². The van der Waals surface area contributed by atoms with Crippen molar-refractivity contribution < 1.29 is 4.79 Å². The summed E-state index contributed by atoms with van der Waals surface area (Å²) in [6.07, 6.45) is 8.30. The van der Waals surface area contributed by atoms with E-state index in [2.05, 4.69) is 12.2 Å². The Morgan fingerprint density at radius 2 is 2.00 bits per heavy atom. The zero-order valence-corrected chi connectivity index (χ0v) is 9.51. The Morgan fingerprint density at radius 3 is 2.57 bits per heavy atom. The van der Waals surface area contributed by atoms with Crippen LogP contribution in [0.5, 0.6) is 0 Å². The lowest BCUT2D eigenvalue weighted by molar-refractivity contribution is -0.122. The quantitative estimate of drug-likeness (QED) is 0.737. The molecule has 14 heavy (non-hydrogen) atoms. The topological polar surface area (TPSA) is 29.1 Å². The Kier molecular flexibility index (Phi) is 4.99. The van der Waals surface area contributed by atoms with E-state index in [0.717, 1.165) is 12.3 Å². The van der Waals surface area contributed by atoms with Crippen LogP contribution in [0.4, 0.5) is 0 Å². The molecular weight excluding hydrogens is 174 g/mol. The molecule has 1 saturated carbocycles. The first-order valence-corrected chi connectivity index (χ1v) is 6.03. The first kappa shape index (κ1) is 11.5. The minimum Gasteiger partial charge on any atom is -0.353 e. The molecule has 1 aliphatic rings. The van der Waals surface area contributed by atoms with Crippen LogP contribution >= 0.6 is 0 Å². The van der Waals surface area contributed by atoms with Crippen LogP contribution in [-0.4, -0.2) is 11.9 Å². The highest BCUT2D eigenvalue weighted by atomic mass is 16.1. The summed E-state index contributed by atoms with van der Waals surface area (Å²) in [5.74, 6) is 0.954. The number of hydrogen-bond donors (Lipinski definition) is 1. The molecule has 2 heteroatoms. The molecule has 82 valence electrons. The summed E-state index contributed by atoms with van der Waals surface area (Å²) in [5.41, 5.74) is 0. The van der Waals surface area contributed by atoms with Crippen LogP contribution in [0, 0.1) is 5.92 Å². The molecule has 0 spiro atoms. The molecule has 2 nitrogen and oxygen atoms in total. The SMILES string of the molecule is CCCC(=O)NC(C)C1CCCCC1. The molecule has 1 unspecified atom stereocenters. The van der Waals surface area contributed by atoms with Gasteiger partial charge in [0.15, 0.2) is 0 Å². The van der Waals surface area contributed by atoms with Gasteiger partial charge in [0, 0.05) is 12.5 Å². The van der Waals surface area contributed by atoms with E-state index < -0.39 is 0 Å². The maximum Gasteiger partial charge on any atom is 0.220 e. The lowest BCUT2D eigenvalue weighted by Crippen LogP contribution is -2.38. The van der Waals surface area contributed by atoms with Gasteiger partial charge in [0.25, 0.3) is 0 Å². The summed E-state index contributed by atoms with van der Waals surface area (Å²) >= 11 is 0. The van der Waals surface area contributed by atoms with E-state index >= 15 is 0 Å². The van der Waals surface area contributed by atoms with Gasteiger partial charge in [0.05, 0.1) is 0 Å². The highest BCUT2D eigenvalue weighted by molar-refractivity contribution is 5.76. The third-order valence-electron chi connectivity index (χ3n) is 3.22. The van der Waals surface area contributed by atoms with Gasteiger partial charge < -0.3 is 5.32 Å². The summed E-state index contributed by atoms with van der Waals surface area (Å²) in [6, 6.07) is 0.384. The molecule has 1 fully saturated rings. The van der Waals surface area contributed by atoms with Gasteiger partial charge >= 0.3 is 0 Å². The molecule has 1 N–H and O–H groups in total. The summed E-state index contributed by atoms with van der Waals surface area (Å²) < 4.78 is 0. The highest BCUT2D eigenvalue weighted by Crippen LogP contribution is 2.26. The van der Waals surface area contributed by atoms with Crippen molar-refractivity contribution in [3.8, 4) is 0 Å². The summed E-state index contributed by atoms with van der Waals surface area (Å²) in [4.78, 5) is 11.4. The Hall–Kier alpha value is -0.530. The fourth-order valence-corrected chi connectivity index (χ4v) is 2.31. The Bertz CT molecular complexity index is 173. The van der Waals surface area contributed by atoms with E-state index in [1.807, 2.05) is 6.92 Å². The van der Waals surface area contributed by atoms with Crippen molar-refractivity contribution in [3.63, 3.8) is 0 Å². The minimum absolute atomic E-state index is 0.227. The second-order valence-corrected chi connectivity index (χ2v) is 4.50. The van der Waals surface area contributed by atoms with Gasteiger partial charge in [-0.25, -0.2) is 0 Å². The fraction of sp³-hybridized carbons (Fsp3) is 0.917. The molecular formula is C12H23NO. The van der Waals surface area contributed by atoms with Crippen molar-refractivity contribution in [2.24, 2.45) is 5.92 Å². The van der Waals surface area contributed by atoms with E-state index in [-0.39, 0.29) is 5.91 Å². The van der Waals surface area contributed by atoms with Gasteiger partial charge in [0.2, 0.25) is 5.91 Å². The Morgan fingerprint density at radius 1 is 1.36 bits per heavy atom. The first-order valence-electron chi connectivity index (χ1n) is 6.03. The second kappa shape index (κ2) is 6.05. The zero-order valence-electron chi connectivity index (χ0n) is 9.51. The van der Waals surface area contributed by atoms with Gasteiger partial charge in [-0.15, -0.1) is 0 Å². The molecule has 1 aliphatic carbocycles. The summed E-state index contributed by atoms with van der Waals surface area (Å²) in [6.45, 7) is 4.20. The van der Waals surface area contributed by atoms with E-state index in [9.17, 15) is 4.79 Å². The van der Waals surface area contributed by atoms with Gasteiger partial charge in [0.1, 0.15) is 0 Å². The number of hydrogen-bond acceptors (Lipinski definition) is 1. The van der Waals surface area contributed by atoms with Crippen LogP contribution in [0.3, 0.4) is 0 Å². The normalized spacial score (nSPS) is 20.4. The lowest BCUT2D eigenvalue weighted by Gasteiger charge is -2.28. The van der Waals surface area contributed by atoms with Crippen LogP contribution < -0.4 is 5.32 Å². The monoisotopic (exact) mass is 197 g/mol. The molecule has 0 heterocycles. The average Bonchev–Trinajstić information content (AvgIpc) is 2.19. The largest absolute Gasteiger partial charge is 0.353 e. The van der Waals surface area contributed by atoms with Crippen LogP contribution in [0.25, 0.3) is 0 Å². The lowest BCUT2D eigenvalue weighted by atomic mass is 9.84. The molecule has 0 radical (unpaired) electrons. The van der Waals surface area contributed by atoms with Crippen molar-refractivity contribution in [2.75, 3.05) is 0 Å². The van der Waals surface area contributed by atoms with Crippen LogP contribution in [0.1, 0.15) is 58.8 Å². The molecule has 0 saturated heterocycles. The van der Waals surface area contributed by atoms with E-state index in [1.165, 1.54) is 32.1 Å². The average molecular weight is 197 g/mol. The Labute approximate surface area is 87.5 Å². The molecule has 0 aromatic carbocycles. The molecule has 1 amide bonds. The standard InChI is InChI=1S/C12H23NO/c1-3-7-12(14)13-10(2)11-8-5-4-6-9-11/h10-11H,3-9H2,1-2H3,(H,13,14). The van der Waals surface area contributed by atoms with Crippen LogP contribution in [-0.2, 0) is 4.79 Å². The maximum atomic E-state index is 11.4. The minimum atomic E-state index is 0.227. The number of nitrogens with one attached hydrogen (secondary N) is 1. The van der Waals surface area contributed by atoms with Crippen molar-refractivity contribution in [2.45, 2.75) is 64.8 Å². The van der Waals surface area contributed by atoms with E-state index in [1.54, 1.807) is 0 Å². The highest BCUT2D eigenvalue weighted by Gasteiger charge is 2.20. The molecule has 0 aromatic heterocycles. The second-order valence-electron chi connectivity index (χ2n) is 4.50. The molecule has 1 atom stereocenters. The van der Waals surface area contributed by atoms with Crippen molar-refractivity contribution >= 4 is 5.91 Å². The zero-order chi connectivity index (χ0) is 10.4. The number of carbonyl (C=O) groups is 1. The number of amides is 1. The van der Waals surface area contributed by atoms with E-state index in [4.69, 9.17) is 0 Å². The van der Waals surface area contributed by atoms with Gasteiger partial charge in [-0.3, -0.25) is 4.79 Å². The number of rotatable bonds is 4. The summed E-state index contributed by atoms with van der Waals surface area (Å²) in [7, 11) is 0. The fourth-order valence-electron chi connectivity index (χ4n) is 2.31. The van der Waals surface area contributed by atoms with Gasteiger partial charge in [-0.05, 0) is 32.1 Å². The van der Waals surface area contributed by atoms with Gasteiger partial charge in [-0.1, -0.05) is 26.2 Å². The van der Waals surface area contributed by atoms with Crippen molar-refractivity contribution in [1.82, 2.24) is 5.32 Å². The van der Waals surface area contributed by atoms with Crippen molar-refractivity contribution in [3.05, 3.63) is 0 Å². The molecule has 0 aromatic rings. The molecule has 1 rings (SSSR count). The van der Waals surface area contributed by atoms with Gasteiger partial charge in [-0.2, -0.15) is 0 Å². The predicted octanol–water partition coefficient (Wildman–Crippen LogP) is 2.87. The maximum absolute atomic E-state index is 11.4. The summed E-state index contributed by atoms with van der Waals surface area (Å²) in [5, 5.41) is 3.11. The smallest absolute Gasteiger partial charge is 0.220 e. The molecule has 0 aliphatic heterocycles. The first-order chi connectivity index (χ1) is 6.74. The van der Waals surface area contributed by atoms with Crippen LogP contribution in [0.2, 0.25) is 0 Å². The van der Waals surface area contributed by atoms with E-state index in [0.29, 0.717) is 12.5 Å². The molecule has 0 bridgehead atoms. The van der Waals surface area contributed by atoms with Crippen LogP contribution in [0.15, 0.2) is 0 Å². The third kappa shape index (κ3) is 3.69. The predicted molar refractivity (Wildman–Crippen MR) is 59.1 cm³/mol. The third-order valence-corrected chi connectivity index (χ3v) is 3.22. The number of carbonyl (C=O) groups excluding carboxylic acids is 1. The Balaban J connectivity index is 2.25.